The Kier molecular flexibility index (Phi) is 6.28. The van der Waals surface area contributed by atoms with Crippen LogP contribution in [0.4, 0.5) is 0 Å². The van der Waals surface area contributed by atoms with Gasteiger partial charge in [-0.1, -0.05) is 63.0 Å². The molecule has 0 N–H and O–H groups in total. The zero-order valence-corrected chi connectivity index (χ0v) is 17.0. The van der Waals surface area contributed by atoms with Crippen LogP contribution in [-0.2, 0) is 5.75 Å². The highest BCUT2D eigenvalue weighted by atomic mass is 79.9. The first-order valence-electron chi connectivity index (χ1n) is 7.33. The monoisotopic (exact) mass is 458 g/mol. The summed E-state index contributed by atoms with van der Waals surface area (Å²) in [5, 5.41) is 9.58. The van der Waals surface area contributed by atoms with Gasteiger partial charge >= 0.3 is 0 Å². The third kappa shape index (κ3) is 5.14. The average Bonchev–Trinajstić information content (AvgIpc) is 3.06. The van der Waals surface area contributed by atoms with Gasteiger partial charge in [0.1, 0.15) is 5.75 Å². The van der Waals surface area contributed by atoms with E-state index >= 15 is 0 Å². The van der Waals surface area contributed by atoms with Gasteiger partial charge in [-0.15, -0.1) is 10.2 Å². The molecule has 0 aliphatic carbocycles. The summed E-state index contributed by atoms with van der Waals surface area (Å²) < 4.78 is 12.5. The van der Waals surface area contributed by atoms with E-state index in [-0.39, 0.29) is 0 Å². The molecule has 4 nitrogen and oxygen atoms in total. The molecule has 0 radical (unpaired) electrons. The highest BCUT2D eigenvalue weighted by Crippen LogP contribution is 2.32. The number of hydrogen-bond acceptors (Lipinski definition) is 5. The highest BCUT2D eigenvalue weighted by molar-refractivity contribution is 9.10. The molecule has 25 heavy (non-hydrogen) atoms. The fourth-order valence-electron chi connectivity index (χ4n) is 1.98. The Morgan fingerprint density at radius 3 is 2.64 bits per heavy atom. The van der Waals surface area contributed by atoms with Crippen molar-refractivity contribution in [1.29, 1.82) is 0 Å². The number of aromatic nitrogens is 2. The number of hydrogen-bond donors (Lipinski definition) is 0. The maximum atomic E-state index is 6.11. The topological polar surface area (TPSA) is 48.2 Å². The first-order chi connectivity index (χ1) is 12.0. The Labute approximate surface area is 168 Å². The average molecular weight is 460 g/mol. The molecule has 130 valence electrons. The van der Waals surface area contributed by atoms with Gasteiger partial charge < -0.3 is 9.15 Å². The number of thioether (sulfide) groups is 1. The fourth-order valence-corrected chi connectivity index (χ4v) is 3.42. The smallest absolute Gasteiger partial charge is 0.277 e. The van der Waals surface area contributed by atoms with E-state index in [0.717, 1.165) is 10.2 Å². The van der Waals surface area contributed by atoms with Crippen LogP contribution in [0.3, 0.4) is 0 Å². The minimum atomic E-state index is -0.423. The first kappa shape index (κ1) is 18.6. The molecule has 0 amide bonds. The van der Waals surface area contributed by atoms with E-state index in [1.807, 2.05) is 31.2 Å². The molecule has 3 aromatic rings. The van der Waals surface area contributed by atoms with Crippen molar-refractivity contribution in [1.82, 2.24) is 10.2 Å². The van der Waals surface area contributed by atoms with Gasteiger partial charge in [0.25, 0.3) is 11.1 Å². The third-order valence-electron chi connectivity index (χ3n) is 3.24. The molecule has 8 heteroatoms. The SMILES string of the molecule is C[C@@H](Oc1ccc(Cl)cc1Cl)c1nnc(SCc2ccc(Br)cc2)o1. The lowest BCUT2D eigenvalue weighted by molar-refractivity contribution is 0.182. The van der Waals surface area contributed by atoms with Crippen molar-refractivity contribution in [3.05, 3.63) is 68.4 Å². The third-order valence-corrected chi connectivity index (χ3v) is 5.19. The minimum Gasteiger partial charge on any atom is -0.479 e. The molecule has 0 aliphatic rings. The zero-order valence-electron chi connectivity index (χ0n) is 13.1. The van der Waals surface area contributed by atoms with Gasteiger partial charge in [-0.25, -0.2) is 0 Å². The van der Waals surface area contributed by atoms with E-state index < -0.39 is 6.10 Å². The van der Waals surface area contributed by atoms with Crippen LogP contribution in [0.5, 0.6) is 5.75 Å². The Hall–Kier alpha value is -1.21. The zero-order chi connectivity index (χ0) is 17.8. The van der Waals surface area contributed by atoms with Crippen LogP contribution in [0.2, 0.25) is 10.0 Å². The summed E-state index contributed by atoms with van der Waals surface area (Å²) >= 11 is 16.9. The summed E-state index contributed by atoms with van der Waals surface area (Å²) in [7, 11) is 0. The number of nitrogens with zero attached hydrogens (tertiary/aromatic N) is 2. The summed E-state index contributed by atoms with van der Waals surface area (Å²) in [6, 6.07) is 13.1. The van der Waals surface area contributed by atoms with Gasteiger partial charge in [0.15, 0.2) is 6.10 Å². The largest absolute Gasteiger partial charge is 0.479 e. The van der Waals surface area contributed by atoms with Crippen molar-refractivity contribution in [3.63, 3.8) is 0 Å². The van der Waals surface area contributed by atoms with E-state index in [2.05, 4.69) is 26.1 Å². The molecule has 2 aromatic carbocycles. The van der Waals surface area contributed by atoms with Crippen molar-refractivity contribution in [3.8, 4) is 5.75 Å². The van der Waals surface area contributed by atoms with Gasteiger partial charge in [-0.2, -0.15) is 0 Å². The van der Waals surface area contributed by atoms with Crippen LogP contribution in [0, 0.1) is 0 Å². The second-order valence-corrected chi connectivity index (χ2v) is 7.84. The Bertz CT molecular complexity index is 858. The highest BCUT2D eigenvalue weighted by Gasteiger charge is 2.17. The number of halogens is 3. The van der Waals surface area contributed by atoms with Gasteiger partial charge in [0.2, 0.25) is 0 Å². The summed E-state index contributed by atoms with van der Waals surface area (Å²) in [5.74, 6) is 1.65. The molecule has 1 atom stereocenters. The van der Waals surface area contributed by atoms with E-state index in [9.17, 15) is 0 Å². The maximum Gasteiger partial charge on any atom is 0.277 e. The van der Waals surface area contributed by atoms with Gasteiger partial charge in [-0.3, -0.25) is 0 Å². The predicted molar refractivity (Wildman–Crippen MR) is 104 cm³/mol. The lowest BCUT2D eigenvalue weighted by Gasteiger charge is -2.12. The second-order valence-electron chi connectivity index (χ2n) is 5.16. The van der Waals surface area contributed by atoms with Crippen molar-refractivity contribution < 1.29 is 9.15 Å². The molecule has 0 bridgehead atoms. The second kappa shape index (κ2) is 8.45. The quantitative estimate of drug-likeness (QED) is 0.390. The van der Waals surface area contributed by atoms with Crippen LogP contribution < -0.4 is 4.74 Å². The van der Waals surface area contributed by atoms with Gasteiger partial charge in [0, 0.05) is 15.2 Å². The molecule has 1 heterocycles. The number of ether oxygens (including phenoxy) is 1. The lowest BCUT2D eigenvalue weighted by Crippen LogP contribution is -2.03. The van der Waals surface area contributed by atoms with Gasteiger partial charge in [0.05, 0.1) is 5.02 Å². The molecule has 0 spiro atoms. The van der Waals surface area contributed by atoms with Crippen LogP contribution >= 0.6 is 50.9 Å². The Morgan fingerprint density at radius 1 is 1.16 bits per heavy atom. The molecule has 0 fully saturated rings. The molecule has 0 saturated heterocycles. The van der Waals surface area contributed by atoms with Crippen molar-refractivity contribution in [2.24, 2.45) is 0 Å². The van der Waals surface area contributed by atoms with E-state index in [1.54, 1.807) is 18.2 Å². The molecular weight excluding hydrogens is 447 g/mol. The van der Waals surface area contributed by atoms with Crippen LogP contribution in [-0.4, -0.2) is 10.2 Å². The first-order valence-corrected chi connectivity index (χ1v) is 9.87. The van der Waals surface area contributed by atoms with Crippen LogP contribution in [0.25, 0.3) is 0 Å². The maximum absolute atomic E-state index is 6.11. The fraction of sp³-hybridized carbons (Fsp3) is 0.176. The Morgan fingerprint density at radius 2 is 1.92 bits per heavy atom. The minimum absolute atomic E-state index is 0.393. The molecule has 1 aromatic heterocycles. The van der Waals surface area contributed by atoms with Crippen molar-refractivity contribution in [2.45, 2.75) is 24.0 Å². The predicted octanol–water partition coefficient (Wildman–Crippen LogP) is 6.57. The number of rotatable bonds is 6. The lowest BCUT2D eigenvalue weighted by atomic mass is 10.2. The summed E-state index contributed by atoms with van der Waals surface area (Å²) in [6.07, 6.45) is -0.423. The molecule has 0 unspecified atom stereocenters. The van der Waals surface area contributed by atoms with Crippen LogP contribution in [0.15, 0.2) is 56.6 Å². The molecular formula is C17H13BrCl2N2O2S. The summed E-state index contributed by atoms with van der Waals surface area (Å²) in [5.41, 5.74) is 1.17. The van der Waals surface area contributed by atoms with Crippen molar-refractivity contribution >= 4 is 50.9 Å². The van der Waals surface area contributed by atoms with E-state index in [1.165, 1.54) is 17.3 Å². The Balaban J connectivity index is 1.61. The normalized spacial score (nSPS) is 12.2. The molecule has 3 rings (SSSR count). The standard InChI is InChI=1S/C17H13BrCl2N2O2S/c1-10(23-15-7-6-13(19)8-14(15)20)16-21-22-17(24-16)25-9-11-2-4-12(18)5-3-11/h2-8,10H,9H2,1H3/t10-/m1/s1. The van der Waals surface area contributed by atoms with Crippen LogP contribution in [0.1, 0.15) is 24.5 Å². The molecule has 0 saturated carbocycles. The van der Waals surface area contributed by atoms with Crippen molar-refractivity contribution in [2.75, 3.05) is 0 Å². The van der Waals surface area contributed by atoms with E-state index in [0.29, 0.717) is 26.9 Å². The number of benzene rings is 2. The van der Waals surface area contributed by atoms with Gasteiger partial charge in [-0.05, 0) is 42.8 Å². The molecule has 0 aliphatic heterocycles. The summed E-state index contributed by atoms with van der Waals surface area (Å²) in [4.78, 5) is 0. The summed E-state index contributed by atoms with van der Waals surface area (Å²) in [6.45, 7) is 1.82. The van der Waals surface area contributed by atoms with E-state index in [4.69, 9.17) is 32.4 Å².